The maximum absolute atomic E-state index is 12.2. The fourth-order valence-corrected chi connectivity index (χ4v) is 3.05. The summed E-state index contributed by atoms with van der Waals surface area (Å²) in [7, 11) is 0. The molecule has 0 unspecified atom stereocenters. The molecule has 1 fully saturated rings. The van der Waals surface area contributed by atoms with Crippen molar-refractivity contribution < 1.29 is 9.53 Å². The molecule has 0 saturated carbocycles. The van der Waals surface area contributed by atoms with E-state index in [1.807, 2.05) is 25.7 Å². The number of carbonyl (C=O) groups excluding carboxylic acids is 1. The Labute approximate surface area is 140 Å². The summed E-state index contributed by atoms with van der Waals surface area (Å²) in [6, 6.07) is 8.66. The summed E-state index contributed by atoms with van der Waals surface area (Å²) >= 11 is 0. The third-order valence-corrected chi connectivity index (χ3v) is 4.21. The summed E-state index contributed by atoms with van der Waals surface area (Å²) in [6.45, 7) is 11.3. The topological polar surface area (TPSA) is 41.6 Å². The van der Waals surface area contributed by atoms with Crippen molar-refractivity contribution in [1.29, 1.82) is 0 Å². The normalized spacial score (nSPS) is 16.4. The van der Waals surface area contributed by atoms with Crippen LogP contribution in [0.3, 0.4) is 0 Å². The van der Waals surface area contributed by atoms with Gasteiger partial charge in [-0.05, 0) is 57.2 Å². The van der Waals surface area contributed by atoms with E-state index in [1.165, 1.54) is 11.1 Å². The first kappa shape index (κ1) is 17.8. The summed E-state index contributed by atoms with van der Waals surface area (Å²) in [5.74, 6) is 0.531. The molecule has 128 valence electrons. The fraction of sp³-hybridized carbons (Fsp3) is 0.632. The predicted molar refractivity (Wildman–Crippen MR) is 93.6 cm³/mol. The lowest BCUT2D eigenvalue weighted by Crippen LogP contribution is -2.41. The number of piperidine rings is 1. The minimum absolute atomic E-state index is 0.183. The van der Waals surface area contributed by atoms with Gasteiger partial charge < -0.3 is 15.0 Å². The molecule has 4 heteroatoms. The van der Waals surface area contributed by atoms with E-state index in [0.29, 0.717) is 5.92 Å². The number of rotatable bonds is 4. The molecule has 23 heavy (non-hydrogen) atoms. The first-order valence-electron chi connectivity index (χ1n) is 8.67. The van der Waals surface area contributed by atoms with Crippen LogP contribution in [-0.4, -0.2) is 36.2 Å². The standard InChI is InChI=1S/C19H30N2O2/c1-5-20-14-16-8-6-7-9-17(16)15-10-12-21(13-11-15)18(22)23-19(2,3)4/h6-9,15,20H,5,10-14H2,1-4H3. The van der Waals surface area contributed by atoms with Crippen LogP contribution in [0.25, 0.3) is 0 Å². The lowest BCUT2D eigenvalue weighted by molar-refractivity contribution is 0.0204. The van der Waals surface area contributed by atoms with Crippen LogP contribution in [0.4, 0.5) is 4.79 Å². The molecule has 0 radical (unpaired) electrons. The smallest absolute Gasteiger partial charge is 0.410 e. The van der Waals surface area contributed by atoms with Crippen molar-refractivity contribution in [1.82, 2.24) is 10.2 Å². The third-order valence-electron chi connectivity index (χ3n) is 4.21. The Hall–Kier alpha value is -1.55. The third kappa shape index (κ3) is 5.24. The van der Waals surface area contributed by atoms with Gasteiger partial charge in [-0.3, -0.25) is 0 Å². The van der Waals surface area contributed by atoms with Crippen LogP contribution in [0.15, 0.2) is 24.3 Å². The summed E-state index contributed by atoms with van der Waals surface area (Å²) in [4.78, 5) is 14.0. The molecule has 1 heterocycles. The summed E-state index contributed by atoms with van der Waals surface area (Å²) in [5, 5.41) is 3.41. The second-order valence-corrected chi connectivity index (χ2v) is 7.22. The number of likely N-dealkylation sites (tertiary alicyclic amines) is 1. The van der Waals surface area contributed by atoms with Gasteiger partial charge in [-0.2, -0.15) is 0 Å². The van der Waals surface area contributed by atoms with Gasteiger partial charge in [-0.1, -0.05) is 31.2 Å². The van der Waals surface area contributed by atoms with Gasteiger partial charge in [0.25, 0.3) is 0 Å². The number of nitrogens with zero attached hydrogens (tertiary/aromatic N) is 1. The Bertz CT molecular complexity index is 514. The SMILES string of the molecule is CCNCc1ccccc1C1CCN(C(=O)OC(C)(C)C)CC1. The highest BCUT2D eigenvalue weighted by Crippen LogP contribution is 2.31. The monoisotopic (exact) mass is 318 g/mol. The van der Waals surface area contributed by atoms with Crippen LogP contribution in [0.1, 0.15) is 57.6 Å². The van der Waals surface area contributed by atoms with Crippen LogP contribution in [0.2, 0.25) is 0 Å². The van der Waals surface area contributed by atoms with Gasteiger partial charge in [0.2, 0.25) is 0 Å². The zero-order valence-electron chi connectivity index (χ0n) is 14.9. The summed E-state index contributed by atoms with van der Waals surface area (Å²) in [6.07, 6.45) is 1.82. The Morgan fingerprint density at radius 3 is 2.52 bits per heavy atom. The van der Waals surface area contributed by atoms with Crippen molar-refractivity contribution in [2.75, 3.05) is 19.6 Å². The van der Waals surface area contributed by atoms with E-state index in [4.69, 9.17) is 4.74 Å². The lowest BCUT2D eigenvalue weighted by atomic mass is 9.86. The lowest BCUT2D eigenvalue weighted by Gasteiger charge is -2.34. The van der Waals surface area contributed by atoms with Crippen molar-refractivity contribution >= 4 is 6.09 Å². The van der Waals surface area contributed by atoms with E-state index >= 15 is 0 Å². The van der Waals surface area contributed by atoms with Crippen LogP contribution in [0.5, 0.6) is 0 Å². The molecular weight excluding hydrogens is 288 g/mol. The number of nitrogens with one attached hydrogen (secondary N) is 1. The quantitative estimate of drug-likeness (QED) is 0.915. The highest BCUT2D eigenvalue weighted by Gasteiger charge is 2.28. The predicted octanol–water partition coefficient (Wildman–Crippen LogP) is 3.91. The van der Waals surface area contributed by atoms with Crippen molar-refractivity contribution in [3.63, 3.8) is 0 Å². The van der Waals surface area contributed by atoms with Crippen LogP contribution >= 0.6 is 0 Å². The maximum atomic E-state index is 12.2. The van der Waals surface area contributed by atoms with E-state index in [-0.39, 0.29) is 6.09 Å². The van der Waals surface area contributed by atoms with Crippen LogP contribution in [-0.2, 0) is 11.3 Å². The maximum Gasteiger partial charge on any atom is 0.410 e. The van der Waals surface area contributed by atoms with Crippen molar-refractivity contribution in [3.05, 3.63) is 35.4 Å². The molecule has 0 spiro atoms. The second-order valence-electron chi connectivity index (χ2n) is 7.22. The number of amides is 1. The molecule has 1 aromatic carbocycles. The van der Waals surface area contributed by atoms with Gasteiger partial charge >= 0.3 is 6.09 Å². The molecule has 1 N–H and O–H groups in total. The average molecular weight is 318 g/mol. The molecule has 4 nitrogen and oxygen atoms in total. The van der Waals surface area contributed by atoms with Gasteiger partial charge in [0.05, 0.1) is 0 Å². The Balaban J connectivity index is 1.95. The minimum atomic E-state index is -0.424. The van der Waals surface area contributed by atoms with Gasteiger partial charge in [0.15, 0.2) is 0 Å². The minimum Gasteiger partial charge on any atom is -0.444 e. The van der Waals surface area contributed by atoms with E-state index < -0.39 is 5.60 Å². The molecule has 1 aliphatic heterocycles. The summed E-state index contributed by atoms with van der Waals surface area (Å²) < 4.78 is 5.47. The van der Waals surface area contributed by atoms with Gasteiger partial charge in [-0.15, -0.1) is 0 Å². The molecule has 1 aromatic rings. The first-order valence-corrected chi connectivity index (χ1v) is 8.67. The Morgan fingerprint density at radius 1 is 1.26 bits per heavy atom. The highest BCUT2D eigenvalue weighted by molar-refractivity contribution is 5.68. The number of carbonyl (C=O) groups is 1. The van der Waals surface area contributed by atoms with Crippen molar-refractivity contribution in [3.8, 4) is 0 Å². The van der Waals surface area contributed by atoms with Crippen LogP contribution in [0, 0.1) is 0 Å². The number of hydrogen-bond acceptors (Lipinski definition) is 3. The van der Waals surface area contributed by atoms with Gasteiger partial charge in [0.1, 0.15) is 5.60 Å². The van der Waals surface area contributed by atoms with Crippen molar-refractivity contribution in [2.45, 2.75) is 58.6 Å². The van der Waals surface area contributed by atoms with E-state index in [9.17, 15) is 4.79 Å². The number of ether oxygens (including phenoxy) is 1. The van der Waals surface area contributed by atoms with E-state index in [1.54, 1.807) is 0 Å². The van der Waals surface area contributed by atoms with E-state index in [2.05, 4.69) is 36.5 Å². The highest BCUT2D eigenvalue weighted by atomic mass is 16.6. The Morgan fingerprint density at radius 2 is 1.91 bits per heavy atom. The average Bonchev–Trinajstić information content (AvgIpc) is 2.52. The zero-order valence-corrected chi connectivity index (χ0v) is 14.9. The molecule has 1 aliphatic rings. The number of hydrogen-bond donors (Lipinski definition) is 1. The fourth-order valence-electron chi connectivity index (χ4n) is 3.05. The second kappa shape index (κ2) is 7.82. The molecule has 2 rings (SSSR count). The summed E-state index contributed by atoms with van der Waals surface area (Å²) in [5.41, 5.74) is 2.38. The molecule has 0 bridgehead atoms. The van der Waals surface area contributed by atoms with Gasteiger partial charge in [0, 0.05) is 19.6 Å². The molecule has 0 atom stereocenters. The largest absolute Gasteiger partial charge is 0.444 e. The van der Waals surface area contributed by atoms with E-state index in [0.717, 1.165) is 39.0 Å². The Kier molecular flexibility index (Phi) is 6.05. The van der Waals surface area contributed by atoms with Crippen LogP contribution < -0.4 is 5.32 Å². The first-order chi connectivity index (χ1) is 10.9. The number of benzene rings is 1. The van der Waals surface area contributed by atoms with Gasteiger partial charge in [-0.25, -0.2) is 4.79 Å². The molecular formula is C19H30N2O2. The molecule has 0 aromatic heterocycles. The van der Waals surface area contributed by atoms with Crippen molar-refractivity contribution in [2.24, 2.45) is 0 Å². The molecule has 1 amide bonds. The molecule has 1 saturated heterocycles. The zero-order chi connectivity index (χ0) is 16.9. The molecule has 0 aliphatic carbocycles.